The summed E-state index contributed by atoms with van der Waals surface area (Å²) in [5.74, 6) is 2.07. The average molecular weight is 338 g/mol. The van der Waals surface area contributed by atoms with Crippen molar-refractivity contribution in [1.29, 1.82) is 0 Å². The Morgan fingerprint density at radius 2 is 1.84 bits per heavy atom. The molecule has 3 aromatic rings. The van der Waals surface area contributed by atoms with Gasteiger partial charge in [-0.3, -0.25) is 0 Å². The lowest BCUT2D eigenvalue weighted by Gasteiger charge is -2.40. The van der Waals surface area contributed by atoms with Gasteiger partial charge in [-0.15, -0.1) is 0 Å². The van der Waals surface area contributed by atoms with Crippen LogP contribution in [0.5, 0.6) is 11.5 Å². The summed E-state index contributed by atoms with van der Waals surface area (Å²) in [6, 6.07) is 14.4. The van der Waals surface area contributed by atoms with Crippen molar-refractivity contribution >= 4 is 16.7 Å². The van der Waals surface area contributed by atoms with Crippen LogP contribution in [0.2, 0.25) is 0 Å². The van der Waals surface area contributed by atoms with E-state index < -0.39 is 0 Å². The molecule has 128 valence electrons. The van der Waals surface area contributed by atoms with E-state index in [1.54, 1.807) is 13.2 Å². The Kier molecular flexibility index (Phi) is 3.92. The molecule has 4 nitrogen and oxygen atoms in total. The summed E-state index contributed by atoms with van der Waals surface area (Å²) in [6.45, 7) is 3.50. The van der Waals surface area contributed by atoms with Crippen LogP contribution in [0.15, 0.2) is 48.5 Å². The highest BCUT2D eigenvalue weighted by Gasteiger charge is 2.30. The third kappa shape index (κ3) is 2.97. The van der Waals surface area contributed by atoms with Crippen LogP contribution in [0.25, 0.3) is 10.9 Å². The molecule has 0 radical (unpaired) electrons. The van der Waals surface area contributed by atoms with Gasteiger partial charge < -0.3 is 14.4 Å². The summed E-state index contributed by atoms with van der Waals surface area (Å²) >= 11 is 0. The second kappa shape index (κ2) is 6.24. The van der Waals surface area contributed by atoms with E-state index in [1.165, 1.54) is 12.1 Å². The SMILES string of the molecule is COc1ccccc1OC1CN(c2cc(C)c3ccc(F)cc3n2)C1. The number of rotatable bonds is 4. The van der Waals surface area contributed by atoms with Crippen LogP contribution in [-0.4, -0.2) is 31.3 Å². The fraction of sp³-hybridized carbons (Fsp3) is 0.250. The summed E-state index contributed by atoms with van der Waals surface area (Å²) in [4.78, 5) is 6.74. The Bertz CT molecular complexity index is 923. The van der Waals surface area contributed by atoms with Crippen LogP contribution in [0.1, 0.15) is 5.56 Å². The lowest BCUT2D eigenvalue weighted by molar-refractivity contribution is 0.161. The quantitative estimate of drug-likeness (QED) is 0.721. The van der Waals surface area contributed by atoms with Gasteiger partial charge in [-0.05, 0) is 42.8 Å². The number of hydrogen-bond donors (Lipinski definition) is 0. The van der Waals surface area contributed by atoms with Gasteiger partial charge in [0.25, 0.3) is 0 Å². The Labute approximate surface area is 145 Å². The molecule has 5 heteroatoms. The van der Waals surface area contributed by atoms with Crippen molar-refractivity contribution in [3.8, 4) is 11.5 Å². The second-order valence-electron chi connectivity index (χ2n) is 6.25. The third-order valence-corrected chi connectivity index (χ3v) is 4.50. The first-order chi connectivity index (χ1) is 12.1. The maximum atomic E-state index is 13.5. The standard InChI is InChI=1S/C20H19FN2O2/c1-13-9-20(22-17-10-14(21)7-8-16(13)17)23-11-15(12-23)25-19-6-4-3-5-18(19)24-2/h3-10,15H,11-12H2,1-2H3. The second-order valence-corrected chi connectivity index (χ2v) is 6.25. The van der Waals surface area contributed by atoms with E-state index in [0.717, 1.165) is 41.4 Å². The van der Waals surface area contributed by atoms with Gasteiger partial charge >= 0.3 is 0 Å². The lowest BCUT2D eigenvalue weighted by atomic mass is 10.1. The third-order valence-electron chi connectivity index (χ3n) is 4.50. The lowest BCUT2D eigenvalue weighted by Crippen LogP contribution is -2.54. The summed E-state index contributed by atoms with van der Waals surface area (Å²) in [6.07, 6.45) is 0.0848. The highest BCUT2D eigenvalue weighted by atomic mass is 19.1. The van der Waals surface area contributed by atoms with E-state index in [4.69, 9.17) is 9.47 Å². The van der Waals surface area contributed by atoms with Crippen LogP contribution in [-0.2, 0) is 0 Å². The molecular weight excluding hydrogens is 319 g/mol. The Morgan fingerprint density at radius 3 is 2.60 bits per heavy atom. The molecule has 4 rings (SSSR count). The first-order valence-electron chi connectivity index (χ1n) is 8.25. The van der Waals surface area contributed by atoms with E-state index in [1.807, 2.05) is 37.3 Å². The summed E-state index contributed by atoms with van der Waals surface area (Å²) in [5.41, 5.74) is 1.78. The van der Waals surface area contributed by atoms with Crippen LogP contribution < -0.4 is 14.4 Å². The number of methoxy groups -OCH3 is 1. The van der Waals surface area contributed by atoms with E-state index in [2.05, 4.69) is 9.88 Å². The highest BCUT2D eigenvalue weighted by molar-refractivity contribution is 5.84. The minimum absolute atomic E-state index is 0.0848. The summed E-state index contributed by atoms with van der Waals surface area (Å²) in [5, 5.41) is 0.979. The molecule has 25 heavy (non-hydrogen) atoms. The molecule has 0 bridgehead atoms. The fourth-order valence-corrected chi connectivity index (χ4v) is 3.12. The van der Waals surface area contributed by atoms with Gasteiger partial charge in [0.1, 0.15) is 17.7 Å². The number of hydrogen-bond acceptors (Lipinski definition) is 4. The van der Waals surface area contributed by atoms with Crippen LogP contribution >= 0.6 is 0 Å². The molecule has 2 heterocycles. The molecule has 0 amide bonds. The van der Waals surface area contributed by atoms with Gasteiger partial charge in [0, 0.05) is 11.5 Å². The Morgan fingerprint density at radius 1 is 1.08 bits per heavy atom. The molecule has 1 aliphatic rings. The molecule has 2 aromatic carbocycles. The fourth-order valence-electron chi connectivity index (χ4n) is 3.12. The monoisotopic (exact) mass is 338 g/mol. The summed E-state index contributed by atoms with van der Waals surface area (Å²) < 4.78 is 24.8. The van der Waals surface area contributed by atoms with E-state index in [9.17, 15) is 4.39 Å². The van der Waals surface area contributed by atoms with Crippen molar-refractivity contribution in [3.05, 3.63) is 59.9 Å². The minimum atomic E-state index is -0.266. The maximum Gasteiger partial charge on any atom is 0.161 e. The predicted octanol–water partition coefficient (Wildman–Crippen LogP) is 3.96. The zero-order valence-electron chi connectivity index (χ0n) is 14.2. The van der Waals surface area contributed by atoms with E-state index >= 15 is 0 Å². The number of nitrogens with zero attached hydrogens (tertiary/aromatic N) is 2. The molecule has 1 aromatic heterocycles. The molecule has 0 spiro atoms. The number of aromatic nitrogens is 1. The Balaban J connectivity index is 1.49. The van der Waals surface area contributed by atoms with E-state index in [0.29, 0.717) is 5.52 Å². The first kappa shape index (κ1) is 15.7. The zero-order chi connectivity index (χ0) is 17.4. The number of halogens is 1. The number of aryl methyl sites for hydroxylation is 1. The molecule has 0 unspecified atom stereocenters. The van der Waals surface area contributed by atoms with E-state index in [-0.39, 0.29) is 11.9 Å². The molecule has 0 saturated carbocycles. The smallest absolute Gasteiger partial charge is 0.161 e. The largest absolute Gasteiger partial charge is 0.493 e. The predicted molar refractivity (Wildman–Crippen MR) is 96.1 cm³/mol. The normalized spacial score (nSPS) is 14.4. The Hall–Kier alpha value is -2.82. The van der Waals surface area contributed by atoms with Crippen molar-refractivity contribution in [2.45, 2.75) is 13.0 Å². The average Bonchev–Trinajstić information content (AvgIpc) is 2.57. The maximum absolute atomic E-state index is 13.5. The van der Waals surface area contributed by atoms with Crippen LogP contribution in [0, 0.1) is 12.7 Å². The highest BCUT2D eigenvalue weighted by Crippen LogP contribution is 2.31. The van der Waals surface area contributed by atoms with Crippen molar-refractivity contribution in [2.75, 3.05) is 25.1 Å². The van der Waals surface area contributed by atoms with Crippen molar-refractivity contribution < 1.29 is 13.9 Å². The number of ether oxygens (including phenoxy) is 2. The summed E-state index contributed by atoms with van der Waals surface area (Å²) in [7, 11) is 1.64. The number of pyridine rings is 1. The van der Waals surface area contributed by atoms with Crippen LogP contribution in [0.4, 0.5) is 10.2 Å². The van der Waals surface area contributed by atoms with Gasteiger partial charge in [-0.2, -0.15) is 0 Å². The molecule has 1 saturated heterocycles. The van der Waals surface area contributed by atoms with Gasteiger partial charge in [-0.25, -0.2) is 9.37 Å². The molecule has 0 atom stereocenters. The number of benzene rings is 2. The van der Waals surface area contributed by atoms with Gasteiger partial charge in [-0.1, -0.05) is 12.1 Å². The zero-order valence-corrected chi connectivity index (χ0v) is 14.2. The van der Waals surface area contributed by atoms with Crippen LogP contribution in [0.3, 0.4) is 0 Å². The van der Waals surface area contributed by atoms with Gasteiger partial charge in [0.05, 0.1) is 25.7 Å². The number of para-hydroxylation sites is 2. The number of anilines is 1. The van der Waals surface area contributed by atoms with Gasteiger partial charge in [0.15, 0.2) is 11.5 Å². The molecule has 1 aliphatic heterocycles. The van der Waals surface area contributed by atoms with Crippen molar-refractivity contribution in [1.82, 2.24) is 4.98 Å². The molecular formula is C20H19FN2O2. The van der Waals surface area contributed by atoms with Gasteiger partial charge in [0.2, 0.25) is 0 Å². The molecule has 1 fully saturated rings. The van der Waals surface area contributed by atoms with Crippen molar-refractivity contribution in [2.24, 2.45) is 0 Å². The molecule has 0 N–H and O–H groups in total. The number of fused-ring (bicyclic) bond motifs is 1. The van der Waals surface area contributed by atoms with Crippen molar-refractivity contribution in [3.63, 3.8) is 0 Å². The minimum Gasteiger partial charge on any atom is -0.493 e. The topological polar surface area (TPSA) is 34.6 Å². The molecule has 0 aliphatic carbocycles. The first-order valence-corrected chi connectivity index (χ1v) is 8.25.